The number of para-hydroxylation sites is 1. The van der Waals surface area contributed by atoms with Gasteiger partial charge in [0.25, 0.3) is 0 Å². The topological polar surface area (TPSA) is 48.2 Å². The monoisotopic (exact) mass is 622 g/mol. The van der Waals surface area contributed by atoms with E-state index in [1.54, 1.807) is 0 Å². The molecule has 0 N–H and O–H groups in total. The number of aromatic nitrogens is 2. The van der Waals surface area contributed by atoms with Gasteiger partial charge in [0.1, 0.15) is 23.7 Å². The second-order valence-corrected chi connectivity index (χ2v) is 12.7. The molecule has 8 rings (SSSR count). The summed E-state index contributed by atoms with van der Waals surface area (Å²) in [5.41, 5.74) is 10.5. The average molecular weight is 623 g/mol. The minimum absolute atomic E-state index is 0.318. The molecule has 0 unspecified atom stereocenters. The molecule has 4 nitrogen and oxygen atoms in total. The quantitative estimate of drug-likeness (QED) is 0.196. The van der Waals surface area contributed by atoms with Gasteiger partial charge in [-0.2, -0.15) is 0 Å². The zero-order chi connectivity index (χ0) is 32.7. The Morgan fingerprint density at radius 3 is 2.04 bits per heavy atom. The van der Waals surface area contributed by atoms with E-state index >= 15 is 0 Å². The predicted molar refractivity (Wildman–Crippen MR) is 196 cm³/mol. The molecule has 0 amide bonds. The maximum absolute atomic E-state index is 6.62. The molecular weight excluding hydrogens is 588 g/mol. The summed E-state index contributed by atoms with van der Waals surface area (Å²) >= 11 is 0. The largest absolute Gasteiger partial charge is 0.485 e. The SMILES string of the molecule is C=C1/C=C\c2c(oc3ccccc23)COc2cc(-c3cccc(-c4cc(-c5ccccc5)nc(-c5ccccc5)n4)c3)ccc2C1(C)C. The smallest absolute Gasteiger partial charge is 0.160 e. The summed E-state index contributed by atoms with van der Waals surface area (Å²) in [5.74, 6) is 2.30. The lowest BCUT2D eigenvalue weighted by Gasteiger charge is -2.29. The van der Waals surface area contributed by atoms with Crippen molar-refractivity contribution in [3.05, 3.63) is 169 Å². The van der Waals surface area contributed by atoms with Crippen LogP contribution < -0.4 is 4.74 Å². The number of hydrogen-bond acceptors (Lipinski definition) is 4. The maximum atomic E-state index is 6.62. The Morgan fingerprint density at radius 1 is 0.604 bits per heavy atom. The zero-order valence-corrected chi connectivity index (χ0v) is 27.0. The van der Waals surface area contributed by atoms with E-state index in [-0.39, 0.29) is 5.41 Å². The summed E-state index contributed by atoms with van der Waals surface area (Å²) in [6.07, 6.45) is 4.22. The van der Waals surface area contributed by atoms with Crippen LogP contribution in [0.2, 0.25) is 0 Å². The lowest BCUT2D eigenvalue weighted by Crippen LogP contribution is -2.20. The molecule has 0 aliphatic carbocycles. The highest BCUT2D eigenvalue weighted by Crippen LogP contribution is 2.42. The van der Waals surface area contributed by atoms with Gasteiger partial charge in [-0.25, -0.2) is 9.97 Å². The predicted octanol–water partition coefficient (Wildman–Crippen LogP) is 11.3. The average Bonchev–Trinajstić information content (AvgIpc) is 3.50. The van der Waals surface area contributed by atoms with Crippen molar-refractivity contribution in [2.24, 2.45) is 0 Å². The number of rotatable bonds is 4. The fraction of sp³-hybridized carbons (Fsp3) is 0.0909. The molecule has 0 saturated heterocycles. The van der Waals surface area contributed by atoms with Crippen molar-refractivity contribution in [2.45, 2.75) is 25.9 Å². The highest BCUT2D eigenvalue weighted by atomic mass is 16.5. The van der Waals surface area contributed by atoms with Crippen molar-refractivity contribution in [3.8, 4) is 50.8 Å². The van der Waals surface area contributed by atoms with Crippen LogP contribution in [0.1, 0.15) is 30.7 Å². The number of hydrogen-bond donors (Lipinski definition) is 0. The lowest BCUT2D eigenvalue weighted by molar-refractivity contribution is 0.268. The molecule has 0 spiro atoms. The number of ether oxygens (including phenoxy) is 1. The van der Waals surface area contributed by atoms with E-state index in [2.05, 4.69) is 99.3 Å². The molecule has 0 bridgehead atoms. The van der Waals surface area contributed by atoms with E-state index in [1.807, 2.05) is 66.7 Å². The highest BCUT2D eigenvalue weighted by Gasteiger charge is 2.28. The lowest BCUT2D eigenvalue weighted by atomic mass is 9.77. The summed E-state index contributed by atoms with van der Waals surface area (Å²) in [7, 11) is 0. The van der Waals surface area contributed by atoms with Gasteiger partial charge in [0.05, 0.1) is 11.4 Å². The van der Waals surface area contributed by atoms with Gasteiger partial charge in [-0.05, 0) is 41.0 Å². The Morgan fingerprint density at radius 2 is 1.25 bits per heavy atom. The number of benzene rings is 5. The van der Waals surface area contributed by atoms with Crippen LogP contribution in [0.4, 0.5) is 0 Å². The molecule has 0 fully saturated rings. The molecule has 0 saturated carbocycles. The number of furan rings is 1. The third-order valence-electron chi connectivity index (χ3n) is 9.30. The molecule has 7 aromatic rings. The molecule has 3 heterocycles. The van der Waals surface area contributed by atoms with Crippen molar-refractivity contribution in [2.75, 3.05) is 0 Å². The molecule has 2 aromatic heterocycles. The molecule has 5 aromatic carbocycles. The van der Waals surface area contributed by atoms with E-state index in [4.69, 9.17) is 19.1 Å². The third kappa shape index (κ3) is 5.41. The van der Waals surface area contributed by atoms with Crippen LogP contribution in [-0.2, 0) is 12.0 Å². The Bertz CT molecular complexity index is 2270. The van der Waals surface area contributed by atoms with Gasteiger partial charge < -0.3 is 9.15 Å². The summed E-state index contributed by atoms with van der Waals surface area (Å²) in [6.45, 7) is 9.19. The molecule has 1 aliphatic heterocycles. The third-order valence-corrected chi connectivity index (χ3v) is 9.30. The van der Waals surface area contributed by atoms with Crippen LogP contribution in [0, 0.1) is 0 Å². The van der Waals surface area contributed by atoms with E-state index in [0.29, 0.717) is 12.4 Å². The van der Waals surface area contributed by atoms with Crippen molar-refractivity contribution < 1.29 is 9.15 Å². The Hall–Kier alpha value is -6.00. The second kappa shape index (κ2) is 12.0. The van der Waals surface area contributed by atoms with Crippen LogP contribution >= 0.6 is 0 Å². The number of allylic oxidation sites excluding steroid dienone is 2. The van der Waals surface area contributed by atoms with Crippen LogP contribution in [0.15, 0.2) is 156 Å². The maximum Gasteiger partial charge on any atom is 0.160 e. The van der Waals surface area contributed by atoms with Crippen LogP contribution in [-0.4, -0.2) is 9.97 Å². The van der Waals surface area contributed by atoms with Gasteiger partial charge in [0, 0.05) is 38.6 Å². The minimum atomic E-state index is -0.355. The first-order valence-corrected chi connectivity index (χ1v) is 16.2. The van der Waals surface area contributed by atoms with Crippen LogP contribution in [0.3, 0.4) is 0 Å². The molecular formula is C44H34N2O2. The second-order valence-electron chi connectivity index (χ2n) is 12.7. The van der Waals surface area contributed by atoms with E-state index < -0.39 is 0 Å². The summed E-state index contributed by atoms with van der Waals surface area (Å²) in [5, 5.41) is 1.07. The highest BCUT2D eigenvalue weighted by molar-refractivity contribution is 5.89. The van der Waals surface area contributed by atoms with Gasteiger partial charge in [0.2, 0.25) is 0 Å². The van der Waals surface area contributed by atoms with Gasteiger partial charge >= 0.3 is 0 Å². The molecule has 232 valence electrons. The summed E-state index contributed by atoms with van der Waals surface area (Å²) < 4.78 is 12.9. The Balaban J connectivity index is 1.21. The van der Waals surface area contributed by atoms with E-state index in [0.717, 1.165) is 78.4 Å². The van der Waals surface area contributed by atoms with E-state index in [9.17, 15) is 0 Å². The fourth-order valence-electron chi connectivity index (χ4n) is 6.38. The fourth-order valence-corrected chi connectivity index (χ4v) is 6.38. The van der Waals surface area contributed by atoms with Gasteiger partial charge in [-0.1, -0.05) is 142 Å². The van der Waals surface area contributed by atoms with Crippen LogP contribution in [0.5, 0.6) is 5.75 Å². The van der Waals surface area contributed by atoms with Crippen molar-refractivity contribution in [3.63, 3.8) is 0 Å². The number of fused-ring (bicyclic) bond motifs is 4. The molecule has 1 aliphatic rings. The van der Waals surface area contributed by atoms with Gasteiger partial charge in [-0.15, -0.1) is 0 Å². The number of nitrogens with zero attached hydrogens (tertiary/aromatic N) is 2. The molecule has 0 atom stereocenters. The summed E-state index contributed by atoms with van der Waals surface area (Å²) in [4.78, 5) is 10.0. The molecule has 0 radical (unpaired) electrons. The molecule has 48 heavy (non-hydrogen) atoms. The van der Waals surface area contributed by atoms with Gasteiger partial charge in [0.15, 0.2) is 5.82 Å². The standard InChI is InChI=1S/C44H34N2O2/c1-29-21-23-36-35-19-10-11-20-40(35)48-42(36)28-47-41-26-33(22-24-37(41)44(29,2)3)32-17-12-18-34(25-32)39-27-38(30-13-6-4-7-14-30)45-43(46-39)31-15-8-5-9-16-31/h4-27H,1,28H2,2-3H3/b23-21-. The van der Waals surface area contributed by atoms with E-state index in [1.165, 1.54) is 0 Å². The normalized spacial score (nSPS) is 14.5. The first-order valence-electron chi connectivity index (χ1n) is 16.2. The van der Waals surface area contributed by atoms with Gasteiger partial charge in [-0.3, -0.25) is 0 Å². The first-order chi connectivity index (χ1) is 23.4. The van der Waals surface area contributed by atoms with Crippen molar-refractivity contribution >= 4 is 17.0 Å². The first kappa shape index (κ1) is 29.4. The Kier molecular flexibility index (Phi) is 7.34. The summed E-state index contributed by atoms with van der Waals surface area (Å²) in [6, 6.07) is 45.6. The minimum Gasteiger partial charge on any atom is -0.485 e. The Labute approximate surface area is 280 Å². The molecule has 4 heteroatoms. The zero-order valence-electron chi connectivity index (χ0n) is 27.0. The van der Waals surface area contributed by atoms with Crippen molar-refractivity contribution in [1.82, 2.24) is 9.97 Å². The van der Waals surface area contributed by atoms with Crippen molar-refractivity contribution in [1.29, 1.82) is 0 Å². The van der Waals surface area contributed by atoms with Crippen LogP contribution in [0.25, 0.3) is 62.1 Å².